The van der Waals surface area contributed by atoms with Gasteiger partial charge in [0.2, 0.25) is 0 Å². The first-order valence-corrected chi connectivity index (χ1v) is 6.95. The minimum atomic E-state index is -2.39. The fourth-order valence-electron chi connectivity index (χ4n) is 1.46. The Morgan fingerprint density at radius 1 is 1.29 bits per heavy atom. The fourth-order valence-corrected chi connectivity index (χ4v) is 2.35. The summed E-state index contributed by atoms with van der Waals surface area (Å²) in [5, 5.41) is 0.604. The van der Waals surface area contributed by atoms with Crippen molar-refractivity contribution in [1.82, 2.24) is 4.90 Å². The van der Waals surface area contributed by atoms with E-state index in [-0.39, 0.29) is 12.4 Å². The molecule has 96 valence electrons. The van der Waals surface area contributed by atoms with E-state index in [0.29, 0.717) is 28.5 Å². The molecule has 1 rings (SSSR count). The molecule has 0 atom stereocenters. The van der Waals surface area contributed by atoms with Gasteiger partial charge in [-0.15, -0.1) is 0 Å². The zero-order valence-electron chi connectivity index (χ0n) is 8.97. The molecule has 0 N–H and O–H groups in total. The topological polar surface area (TPSA) is 3.24 Å². The van der Waals surface area contributed by atoms with Gasteiger partial charge in [0.1, 0.15) is 5.82 Å². The van der Waals surface area contributed by atoms with E-state index in [1.807, 2.05) is 0 Å². The van der Waals surface area contributed by atoms with Crippen LogP contribution < -0.4 is 0 Å². The highest BCUT2D eigenvalue weighted by Crippen LogP contribution is 2.22. The minimum Gasteiger partial charge on any atom is -0.293 e. The van der Waals surface area contributed by atoms with Gasteiger partial charge in [0.05, 0.1) is 11.0 Å². The van der Waals surface area contributed by atoms with Crippen LogP contribution in [0.3, 0.4) is 0 Å². The lowest BCUT2D eigenvalue weighted by Crippen LogP contribution is -2.30. The Labute approximate surface area is 115 Å². The maximum absolute atomic E-state index is 13.3. The third kappa shape index (κ3) is 4.97. The van der Waals surface area contributed by atoms with Gasteiger partial charge >= 0.3 is 0 Å². The maximum atomic E-state index is 13.3. The second-order valence-corrected chi connectivity index (χ2v) is 5.11. The van der Waals surface area contributed by atoms with Gasteiger partial charge in [-0.2, -0.15) is 0 Å². The van der Waals surface area contributed by atoms with Crippen molar-refractivity contribution in [2.45, 2.75) is 13.0 Å². The summed E-state index contributed by atoms with van der Waals surface area (Å²) in [6.45, 7) is 0.482. The van der Waals surface area contributed by atoms with E-state index in [9.17, 15) is 13.2 Å². The Bertz CT molecular complexity index is 361. The van der Waals surface area contributed by atoms with Crippen molar-refractivity contribution < 1.29 is 13.2 Å². The molecule has 1 nitrogen and oxygen atoms in total. The van der Waals surface area contributed by atoms with Crippen molar-refractivity contribution in [3.05, 3.63) is 34.1 Å². The van der Waals surface area contributed by atoms with Gasteiger partial charge in [0.25, 0.3) is 6.43 Å². The monoisotopic (exact) mass is 373 g/mol. The molecule has 0 aliphatic carbocycles. The zero-order chi connectivity index (χ0) is 12.8. The molecule has 6 heteroatoms. The standard InChI is InChI=1S/C11H12Br2F3N/c12-4-5-17(7-10(15)16)6-8-2-1-3-9(14)11(8)13/h1-3,10H,4-7H2. The highest BCUT2D eigenvalue weighted by atomic mass is 79.9. The van der Waals surface area contributed by atoms with Crippen LogP contribution in [0.25, 0.3) is 0 Å². The molecule has 0 heterocycles. The molecule has 0 fully saturated rings. The third-order valence-electron chi connectivity index (χ3n) is 2.22. The summed E-state index contributed by atoms with van der Waals surface area (Å²) in [6, 6.07) is 4.62. The van der Waals surface area contributed by atoms with E-state index in [0.717, 1.165) is 0 Å². The van der Waals surface area contributed by atoms with Gasteiger partial charge in [-0.3, -0.25) is 4.90 Å². The summed E-state index contributed by atoms with van der Waals surface area (Å²) < 4.78 is 38.3. The van der Waals surface area contributed by atoms with Crippen molar-refractivity contribution in [3.8, 4) is 0 Å². The molecule has 0 saturated carbocycles. The predicted octanol–water partition coefficient (Wildman–Crippen LogP) is 4.05. The van der Waals surface area contributed by atoms with Crippen LogP contribution in [0.5, 0.6) is 0 Å². The first-order chi connectivity index (χ1) is 8.04. The lowest BCUT2D eigenvalue weighted by atomic mass is 10.2. The van der Waals surface area contributed by atoms with Gasteiger partial charge in [0, 0.05) is 18.4 Å². The first kappa shape index (κ1) is 15.0. The van der Waals surface area contributed by atoms with Crippen LogP contribution in [0.2, 0.25) is 0 Å². The van der Waals surface area contributed by atoms with Crippen LogP contribution in [-0.4, -0.2) is 29.7 Å². The van der Waals surface area contributed by atoms with Crippen molar-refractivity contribution >= 4 is 31.9 Å². The quantitative estimate of drug-likeness (QED) is 0.679. The Balaban J connectivity index is 2.74. The number of hydrogen-bond acceptors (Lipinski definition) is 1. The van der Waals surface area contributed by atoms with Gasteiger partial charge in [-0.1, -0.05) is 28.1 Å². The number of benzene rings is 1. The van der Waals surface area contributed by atoms with Crippen LogP contribution >= 0.6 is 31.9 Å². The van der Waals surface area contributed by atoms with Crippen molar-refractivity contribution in [3.63, 3.8) is 0 Å². The molecule has 0 aliphatic heterocycles. The lowest BCUT2D eigenvalue weighted by Gasteiger charge is -2.21. The molecular weight excluding hydrogens is 363 g/mol. The number of hydrogen-bond donors (Lipinski definition) is 0. The SMILES string of the molecule is Fc1cccc(CN(CCBr)CC(F)F)c1Br. The van der Waals surface area contributed by atoms with Crippen molar-refractivity contribution in [1.29, 1.82) is 0 Å². The fraction of sp³-hybridized carbons (Fsp3) is 0.455. The summed E-state index contributed by atoms with van der Waals surface area (Å²) in [5.41, 5.74) is 0.673. The number of alkyl halides is 3. The largest absolute Gasteiger partial charge is 0.293 e. The van der Waals surface area contributed by atoms with E-state index < -0.39 is 6.43 Å². The smallest absolute Gasteiger partial charge is 0.251 e. The molecule has 17 heavy (non-hydrogen) atoms. The summed E-state index contributed by atoms with van der Waals surface area (Å²) in [5.74, 6) is -0.377. The summed E-state index contributed by atoms with van der Waals surface area (Å²) >= 11 is 6.34. The van der Waals surface area contributed by atoms with Crippen LogP contribution in [0.1, 0.15) is 5.56 Å². The summed E-state index contributed by atoms with van der Waals surface area (Å²) in [4.78, 5) is 1.58. The van der Waals surface area contributed by atoms with Gasteiger partial charge in [-0.05, 0) is 27.6 Å². The Morgan fingerprint density at radius 2 is 2.00 bits per heavy atom. The Hall–Kier alpha value is -0.0700. The second-order valence-electron chi connectivity index (χ2n) is 3.53. The zero-order valence-corrected chi connectivity index (χ0v) is 12.1. The molecule has 0 saturated heterocycles. The van der Waals surface area contributed by atoms with E-state index in [4.69, 9.17) is 0 Å². The number of nitrogens with zero attached hydrogens (tertiary/aromatic N) is 1. The van der Waals surface area contributed by atoms with Crippen LogP contribution in [-0.2, 0) is 6.54 Å². The third-order valence-corrected chi connectivity index (χ3v) is 3.47. The molecule has 0 aliphatic rings. The van der Waals surface area contributed by atoms with E-state index >= 15 is 0 Å². The van der Waals surface area contributed by atoms with Crippen molar-refractivity contribution in [2.24, 2.45) is 0 Å². The molecule has 0 amide bonds. The molecule has 0 bridgehead atoms. The minimum absolute atomic E-state index is 0.300. The molecule has 0 spiro atoms. The highest BCUT2D eigenvalue weighted by molar-refractivity contribution is 9.10. The molecular formula is C11H12Br2F3N. The second kappa shape index (κ2) is 7.38. The molecule has 0 aromatic heterocycles. The highest BCUT2D eigenvalue weighted by Gasteiger charge is 2.14. The van der Waals surface area contributed by atoms with Crippen molar-refractivity contribution in [2.75, 3.05) is 18.4 Å². The van der Waals surface area contributed by atoms with Crippen LogP contribution in [0, 0.1) is 5.82 Å². The number of rotatable bonds is 6. The predicted molar refractivity (Wildman–Crippen MR) is 69.2 cm³/mol. The summed E-state index contributed by atoms with van der Waals surface area (Å²) in [7, 11) is 0. The van der Waals surface area contributed by atoms with Crippen LogP contribution in [0.15, 0.2) is 22.7 Å². The average molecular weight is 375 g/mol. The van der Waals surface area contributed by atoms with Gasteiger partial charge in [0.15, 0.2) is 0 Å². The Kier molecular flexibility index (Phi) is 6.51. The molecule has 1 aromatic carbocycles. The maximum Gasteiger partial charge on any atom is 0.251 e. The Morgan fingerprint density at radius 3 is 2.59 bits per heavy atom. The molecule has 0 radical (unpaired) electrons. The summed E-state index contributed by atoms with van der Waals surface area (Å²) in [6.07, 6.45) is -2.39. The number of halogens is 5. The molecule has 1 aromatic rings. The van der Waals surface area contributed by atoms with Gasteiger partial charge in [-0.25, -0.2) is 13.2 Å². The van der Waals surface area contributed by atoms with E-state index in [2.05, 4.69) is 31.9 Å². The van der Waals surface area contributed by atoms with E-state index in [1.165, 1.54) is 6.07 Å². The van der Waals surface area contributed by atoms with Crippen LogP contribution in [0.4, 0.5) is 13.2 Å². The van der Waals surface area contributed by atoms with Gasteiger partial charge < -0.3 is 0 Å². The van der Waals surface area contributed by atoms with E-state index in [1.54, 1.807) is 17.0 Å². The first-order valence-electron chi connectivity index (χ1n) is 5.04. The lowest BCUT2D eigenvalue weighted by molar-refractivity contribution is 0.0880. The average Bonchev–Trinajstić information content (AvgIpc) is 2.24. The normalized spacial score (nSPS) is 11.5. The molecule has 0 unspecified atom stereocenters.